The summed E-state index contributed by atoms with van der Waals surface area (Å²) in [6, 6.07) is 36.6. The van der Waals surface area contributed by atoms with Crippen LogP contribution in [-0.4, -0.2) is 58.8 Å². The van der Waals surface area contributed by atoms with Gasteiger partial charge in [-0.25, -0.2) is 9.07 Å². The first kappa shape index (κ1) is 26.5. The second-order valence-electron chi connectivity index (χ2n) is 10.1. The van der Waals surface area contributed by atoms with E-state index in [-0.39, 0.29) is 17.8 Å². The van der Waals surface area contributed by atoms with Crippen molar-refractivity contribution in [1.29, 1.82) is 0 Å². The second kappa shape index (κ2) is 11.8. The van der Waals surface area contributed by atoms with E-state index in [4.69, 9.17) is 4.74 Å². The molecule has 41 heavy (non-hydrogen) atoms. The number of methoxy groups -OCH3 is 1. The van der Waals surface area contributed by atoms with E-state index in [0.717, 1.165) is 13.1 Å². The summed E-state index contributed by atoms with van der Waals surface area (Å²) in [6.45, 7) is 2.57. The third kappa shape index (κ3) is 5.49. The molecule has 0 spiro atoms. The maximum absolute atomic E-state index is 14.7. The molecule has 7 heteroatoms. The van der Waals surface area contributed by atoms with E-state index in [1.165, 1.54) is 17.2 Å². The van der Waals surface area contributed by atoms with Crippen molar-refractivity contribution in [2.45, 2.75) is 6.04 Å². The molecular weight excluding hydrogens is 515 g/mol. The Balaban J connectivity index is 1.28. The maximum atomic E-state index is 14.7. The molecule has 1 aromatic heterocycles. The summed E-state index contributed by atoms with van der Waals surface area (Å²) < 4.78 is 21.6. The lowest BCUT2D eigenvalue weighted by atomic mass is 9.96. The van der Waals surface area contributed by atoms with Gasteiger partial charge in [-0.1, -0.05) is 72.8 Å². The van der Waals surface area contributed by atoms with Gasteiger partial charge in [0.25, 0.3) is 5.91 Å². The lowest BCUT2D eigenvalue weighted by Gasteiger charge is -2.39. The average molecular weight is 547 g/mol. The zero-order valence-electron chi connectivity index (χ0n) is 22.9. The Morgan fingerprint density at radius 3 is 1.95 bits per heavy atom. The smallest absolute Gasteiger partial charge is 0.272 e. The number of halogens is 1. The number of rotatable bonds is 7. The van der Waals surface area contributed by atoms with Crippen molar-refractivity contribution in [1.82, 2.24) is 19.6 Å². The van der Waals surface area contributed by atoms with Crippen LogP contribution in [0.15, 0.2) is 115 Å². The van der Waals surface area contributed by atoms with Gasteiger partial charge in [-0.05, 0) is 53.6 Å². The third-order valence-electron chi connectivity index (χ3n) is 7.59. The Morgan fingerprint density at radius 2 is 1.37 bits per heavy atom. The maximum Gasteiger partial charge on any atom is 0.272 e. The molecule has 2 heterocycles. The molecule has 0 atom stereocenters. The number of aromatic nitrogens is 2. The minimum atomic E-state index is -0.382. The van der Waals surface area contributed by atoms with Gasteiger partial charge in [-0.3, -0.25) is 9.69 Å². The monoisotopic (exact) mass is 546 g/mol. The Morgan fingerprint density at radius 1 is 0.780 bits per heavy atom. The zero-order chi connectivity index (χ0) is 28.2. The van der Waals surface area contributed by atoms with Gasteiger partial charge in [0, 0.05) is 31.7 Å². The second-order valence-corrected chi connectivity index (χ2v) is 10.1. The van der Waals surface area contributed by atoms with E-state index in [0.29, 0.717) is 41.5 Å². The quantitative estimate of drug-likeness (QED) is 0.243. The highest BCUT2D eigenvalue weighted by atomic mass is 19.1. The van der Waals surface area contributed by atoms with Crippen molar-refractivity contribution in [2.75, 3.05) is 33.3 Å². The summed E-state index contributed by atoms with van der Waals surface area (Å²) in [5.41, 5.74) is 4.31. The molecule has 1 saturated heterocycles. The van der Waals surface area contributed by atoms with Gasteiger partial charge in [0.15, 0.2) is 0 Å². The Bertz CT molecular complexity index is 1570. The molecule has 1 aliphatic heterocycles. The molecule has 1 aliphatic rings. The topological polar surface area (TPSA) is 50.6 Å². The number of amides is 1. The summed E-state index contributed by atoms with van der Waals surface area (Å²) >= 11 is 0. The predicted molar refractivity (Wildman–Crippen MR) is 158 cm³/mol. The fourth-order valence-electron chi connectivity index (χ4n) is 5.48. The van der Waals surface area contributed by atoms with Crippen molar-refractivity contribution in [3.05, 3.63) is 138 Å². The van der Waals surface area contributed by atoms with Crippen molar-refractivity contribution < 1.29 is 13.9 Å². The van der Waals surface area contributed by atoms with Crippen molar-refractivity contribution >= 4 is 5.91 Å². The highest BCUT2D eigenvalue weighted by molar-refractivity contribution is 5.94. The molecule has 0 bridgehead atoms. The van der Waals surface area contributed by atoms with Crippen LogP contribution >= 0.6 is 0 Å². The van der Waals surface area contributed by atoms with Crippen LogP contribution in [0, 0.1) is 5.82 Å². The Labute approximate surface area is 239 Å². The average Bonchev–Trinajstić information content (AvgIpc) is 3.48. The molecule has 0 unspecified atom stereocenters. The molecule has 0 radical (unpaired) electrons. The van der Waals surface area contributed by atoms with E-state index in [9.17, 15) is 9.18 Å². The Hall–Kier alpha value is -4.75. The largest absolute Gasteiger partial charge is 0.497 e. The van der Waals surface area contributed by atoms with Crippen LogP contribution in [0.4, 0.5) is 4.39 Å². The van der Waals surface area contributed by atoms with E-state index >= 15 is 0 Å². The summed E-state index contributed by atoms with van der Waals surface area (Å²) in [6.07, 6.45) is 0. The zero-order valence-corrected chi connectivity index (χ0v) is 22.9. The fraction of sp³-hybridized carbons (Fsp3) is 0.176. The first-order valence-electron chi connectivity index (χ1n) is 13.7. The van der Waals surface area contributed by atoms with Crippen LogP contribution in [-0.2, 0) is 0 Å². The minimum Gasteiger partial charge on any atom is -0.497 e. The van der Waals surface area contributed by atoms with Gasteiger partial charge < -0.3 is 9.64 Å². The summed E-state index contributed by atoms with van der Waals surface area (Å²) in [7, 11) is 1.61. The van der Waals surface area contributed by atoms with Crippen LogP contribution in [0.5, 0.6) is 5.75 Å². The Kier molecular flexibility index (Phi) is 7.60. The highest BCUT2D eigenvalue weighted by Crippen LogP contribution is 2.30. The van der Waals surface area contributed by atoms with E-state index in [1.807, 2.05) is 41.3 Å². The number of hydrogen-bond acceptors (Lipinski definition) is 4. The minimum absolute atomic E-state index is 0.104. The highest BCUT2D eigenvalue weighted by Gasteiger charge is 2.30. The van der Waals surface area contributed by atoms with Gasteiger partial charge in [-0.2, -0.15) is 5.10 Å². The number of ether oxygens (including phenoxy) is 1. The summed E-state index contributed by atoms with van der Waals surface area (Å²) in [5.74, 6) is 0.185. The van der Waals surface area contributed by atoms with Gasteiger partial charge in [0.1, 0.15) is 17.3 Å². The van der Waals surface area contributed by atoms with Crippen LogP contribution < -0.4 is 4.74 Å². The normalized spacial score (nSPS) is 13.9. The number of carbonyl (C=O) groups excluding carboxylic acids is 1. The van der Waals surface area contributed by atoms with E-state index < -0.39 is 0 Å². The molecule has 0 aliphatic carbocycles. The standard InChI is InChI=1S/C34H31FN4O2/c1-41-28-18-16-27(17-19-28)39-32(24-31(36-39)29-14-8-9-15-30(29)35)34(40)38-22-20-37(21-23-38)33(25-10-4-2-5-11-25)26-12-6-3-7-13-26/h2-19,24,33H,20-23H2,1H3. The van der Waals surface area contributed by atoms with E-state index in [2.05, 4.69) is 58.5 Å². The lowest BCUT2D eigenvalue weighted by molar-refractivity contribution is 0.0588. The number of nitrogens with zero attached hydrogens (tertiary/aromatic N) is 4. The van der Waals surface area contributed by atoms with E-state index in [1.54, 1.807) is 36.1 Å². The lowest BCUT2D eigenvalue weighted by Crippen LogP contribution is -2.50. The number of benzene rings is 4. The molecule has 0 saturated carbocycles. The number of carbonyl (C=O) groups is 1. The molecule has 4 aromatic carbocycles. The first-order chi connectivity index (χ1) is 20.1. The predicted octanol–water partition coefficient (Wildman–Crippen LogP) is 6.23. The van der Waals surface area contributed by atoms with Gasteiger partial charge in [-0.15, -0.1) is 0 Å². The van der Waals surface area contributed by atoms with Crippen LogP contribution in [0.25, 0.3) is 16.9 Å². The van der Waals surface area contributed by atoms with Crippen molar-refractivity contribution in [2.24, 2.45) is 0 Å². The molecular formula is C34H31FN4O2. The third-order valence-corrected chi connectivity index (χ3v) is 7.59. The number of piperazine rings is 1. The summed E-state index contributed by atoms with van der Waals surface area (Å²) in [4.78, 5) is 18.3. The fourth-order valence-corrected chi connectivity index (χ4v) is 5.48. The molecule has 0 N–H and O–H groups in total. The summed E-state index contributed by atoms with van der Waals surface area (Å²) in [5, 5.41) is 4.68. The SMILES string of the molecule is COc1ccc(-n2nc(-c3ccccc3F)cc2C(=O)N2CCN(C(c3ccccc3)c3ccccc3)CC2)cc1. The molecule has 5 aromatic rings. The number of hydrogen-bond donors (Lipinski definition) is 0. The molecule has 206 valence electrons. The van der Waals surface area contributed by atoms with Gasteiger partial charge >= 0.3 is 0 Å². The van der Waals surface area contributed by atoms with Crippen LogP contribution in [0.1, 0.15) is 27.7 Å². The van der Waals surface area contributed by atoms with Crippen LogP contribution in [0.3, 0.4) is 0 Å². The van der Waals surface area contributed by atoms with Crippen LogP contribution in [0.2, 0.25) is 0 Å². The van der Waals surface area contributed by atoms with Gasteiger partial charge in [0.2, 0.25) is 0 Å². The van der Waals surface area contributed by atoms with Gasteiger partial charge in [0.05, 0.1) is 24.5 Å². The molecule has 6 nitrogen and oxygen atoms in total. The van der Waals surface area contributed by atoms with Crippen molar-refractivity contribution in [3.63, 3.8) is 0 Å². The molecule has 6 rings (SSSR count). The van der Waals surface area contributed by atoms with Crippen molar-refractivity contribution in [3.8, 4) is 22.7 Å². The molecule has 1 fully saturated rings. The first-order valence-corrected chi connectivity index (χ1v) is 13.7. The molecule has 1 amide bonds.